The summed E-state index contributed by atoms with van der Waals surface area (Å²) in [7, 11) is 0. The van der Waals surface area contributed by atoms with Crippen LogP contribution in [0.4, 0.5) is 19.0 Å². The molecule has 234 valence electrons. The van der Waals surface area contributed by atoms with Crippen molar-refractivity contribution in [3.63, 3.8) is 0 Å². The second-order valence-corrected chi connectivity index (χ2v) is 12.4. The standard InChI is InChI=1S/C34H34F3N5O3/c1-3-28(44)40-12-13-42(20(2)17-40)32-25-9-8-24(26-15-23(43)14-21-6-4-7-27(36)29(21)26)30(37)31(25)38-33(39-32)45-19-34-10-5-11-41(34)18-22(35)16-34/h3-4,6-9,14-15,20,22,43H,1,5,10-13,16-19H2,2H3/t20-,22-,34+/m1/s1. The number of hydrogen-bond acceptors (Lipinski definition) is 7. The lowest BCUT2D eigenvalue weighted by atomic mass is 9.95. The van der Waals surface area contributed by atoms with Crippen LogP contribution in [0, 0.1) is 11.6 Å². The van der Waals surface area contributed by atoms with Gasteiger partial charge >= 0.3 is 6.01 Å². The van der Waals surface area contributed by atoms with Gasteiger partial charge in [-0.05, 0) is 67.6 Å². The number of hydrogen-bond donors (Lipinski definition) is 1. The number of carbonyl (C=O) groups excluding carboxylic acids is 1. The fourth-order valence-corrected chi connectivity index (χ4v) is 7.45. The number of aromatic hydroxyl groups is 1. The molecule has 0 unspecified atom stereocenters. The van der Waals surface area contributed by atoms with E-state index >= 15 is 8.78 Å². The van der Waals surface area contributed by atoms with Gasteiger partial charge in [0.25, 0.3) is 0 Å². The molecule has 7 rings (SSSR count). The summed E-state index contributed by atoms with van der Waals surface area (Å²) in [5.74, 6) is -1.10. The van der Waals surface area contributed by atoms with Crippen LogP contribution in [-0.2, 0) is 4.79 Å². The van der Waals surface area contributed by atoms with Crippen molar-refractivity contribution in [2.24, 2.45) is 0 Å². The first-order chi connectivity index (χ1) is 21.7. The molecule has 4 aromatic rings. The molecule has 0 radical (unpaired) electrons. The Morgan fingerprint density at radius 2 is 1.98 bits per heavy atom. The van der Waals surface area contributed by atoms with Gasteiger partial charge in [0.1, 0.15) is 35.7 Å². The largest absolute Gasteiger partial charge is 0.508 e. The minimum absolute atomic E-state index is 0.0207. The lowest BCUT2D eigenvalue weighted by molar-refractivity contribution is -0.126. The Kier molecular flexibility index (Phi) is 7.31. The number of rotatable bonds is 6. The zero-order valence-corrected chi connectivity index (χ0v) is 25.0. The van der Waals surface area contributed by atoms with Crippen LogP contribution in [0.3, 0.4) is 0 Å². The maximum absolute atomic E-state index is 16.7. The molecule has 45 heavy (non-hydrogen) atoms. The molecule has 3 saturated heterocycles. The van der Waals surface area contributed by atoms with Crippen molar-refractivity contribution < 1.29 is 27.8 Å². The van der Waals surface area contributed by atoms with Crippen LogP contribution in [0.15, 0.2) is 55.1 Å². The summed E-state index contributed by atoms with van der Waals surface area (Å²) in [5.41, 5.74) is -0.223. The third-order valence-electron chi connectivity index (χ3n) is 9.58. The third kappa shape index (κ3) is 5.03. The second kappa shape index (κ2) is 11.2. The van der Waals surface area contributed by atoms with Gasteiger partial charge in [-0.15, -0.1) is 0 Å². The van der Waals surface area contributed by atoms with E-state index in [1.807, 2.05) is 11.8 Å². The quantitative estimate of drug-likeness (QED) is 0.282. The van der Waals surface area contributed by atoms with E-state index < -0.39 is 23.3 Å². The van der Waals surface area contributed by atoms with Crippen molar-refractivity contribution in [2.45, 2.75) is 43.9 Å². The van der Waals surface area contributed by atoms with Crippen molar-refractivity contribution >= 4 is 33.4 Å². The van der Waals surface area contributed by atoms with Gasteiger partial charge in [0.05, 0.1) is 5.54 Å². The first-order valence-corrected chi connectivity index (χ1v) is 15.3. The number of carbonyl (C=O) groups is 1. The number of nitrogens with zero attached hydrogens (tertiary/aromatic N) is 5. The Bertz CT molecular complexity index is 1840. The van der Waals surface area contributed by atoms with Gasteiger partial charge in [-0.3, -0.25) is 9.69 Å². The average Bonchev–Trinajstić information content (AvgIpc) is 3.55. The van der Waals surface area contributed by atoms with E-state index in [1.165, 1.54) is 30.3 Å². The second-order valence-electron chi connectivity index (χ2n) is 12.4. The number of aromatic nitrogens is 2. The van der Waals surface area contributed by atoms with E-state index in [2.05, 4.69) is 16.5 Å². The Hall–Kier alpha value is -4.38. The van der Waals surface area contributed by atoms with Crippen molar-refractivity contribution in [3.8, 4) is 22.9 Å². The minimum Gasteiger partial charge on any atom is -0.508 e. The van der Waals surface area contributed by atoms with Gasteiger partial charge < -0.3 is 19.6 Å². The van der Waals surface area contributed by atoms with Gasteiger partial charge in [-0.1, -0.05) is 24.8 Å². The summed E-state index contributed by atoms with van der Waals surface area (Å²) in [6, 6.07) is 10.3. The monoisotopic (exact) mass is 617 g/mol. The molecule has 4 heterocycles. The molecule has 3 atom stereocenters. The van der Waals surface area contributed by atoms with Crippen LogP contribution in [0.2, 0.25) is 0 Å². The fourth-order valence-electron chi connectivity index (χ4n) is 7.45. The maximum Gasteiger partial charge on any atom is 0.319 e. The number of alkyl halides is 1. The van der Waals surface area contributed by atoms with Crippen molar-refractivity contribution in [3.05, 3.63) is 66.8 Å². The number of piperazine rings is 1. The van der Waals surface area contributed by atoms with E-state index in [4.69, 9.17) is 9.72 Å². The van der Waals surface area contributed by atoms with Crippen LogP contribution >= 0.6 is 0 Å². The maximum atomic E-state index is 16.7. The molecule has 3 aliphatic heterocycles. The number of phenolic OH excluding ortho intramolecular Hbond substituents is 1. The number of phenols is 1. The summed E-state index contributed by atoms with van der Waals surface area (Å²) < 4.78 is 52.5. The number of anilines is 1. The summed E-state index contributed by atoms with van der Waals surface area (Å²) in [6.07, 6.45) is 2.44. The van der Waals surface area contributed by atoms with E-state index in [0.717, 1.165) is 19.4 Å². The topological polar surface area (TPSA) is 82.0 Å². The molecule has 11 heteroatoms. The summed E-state index contributed by atoms with van der Waals surface area (Å²) in [4.78, 5) is 27.5. The molecule has 3 aromatic carbocycles. The molecule has 0 saturated carbocycles. The van der Waals surface area contributed by atoms with E-state index in [0.29, 0.717) is 49.2 Å². The van der Waals surface area contributed by atoms with Gasteiger partial charge in [0.2, 0.25) is 5.91 Å². The number of halogens is 3. The van der Waals surface area contributed by atoms with Crippen molar-refractivity contribution in [1.82, 2.24) is 19.8 Å². The first-order valence-electron chi connectivity index (χ1n) is 15.3. The molecule has 0 spiro atoms. The zero-order valence-electron chi connectivity index (χ0n) is 25.0. The van der Waals surface area contributed by atoms with Crippen LogP contribution < -0.4 is 9.64 Å². The van der Waals surface area contributed by atoms with Crippen LogP contribution in [-0.4, -0.2) is 87.9 Å². The highest BCUT2D eigenvalue weighted by Gasteiger charge is 2.49. The Labute approximate surface area is 258 Å². The molecule has 8 nitrogen and oxygen atoms in total. The van der Waals surface area contributed by atoms with Gasteiger partial charge in [-0.25, -0.2) is 13.2 Å². The number of benzene rings is 3. The summed E-state index contributed by atoms with van der Waals surface area (Å²) >= 11 is 0. The fraction of sp³-hybridized carbons (Fsp3) is 0.382. The van der Waals surface area contributed by atoms with Gasteiger partial charge in [-0.2, -0.15) is 9.97 Å². The van der Waals surface area contributed by atoms with Gasteiger partial charge in [0, 0.05) is 55.0 Å². The Morgan fingerprint density at radius 1 is 1.13 bits per heavy atom. The first kappa shape index (κ1) is 29.3. The molecular formula is C34H34F3N5O3. The summed E-state index contributed by atoms with van der Waals surface area (Å²) in [6.45, 7) is 8.14. The van der Waals surface area contributed by atoms with Crippen molar-refractivity contribution in [1.29, 1.82) is 0 Å². The Morgan fingerprint density at radius 3 is 2.78 bits per heavy atom. The van der Waals surface area contributed by atoms with E-state index in [9.17, 15) is 14.3 Å². The minimum atomic E-state index is -0.935. The molecule has 1 aromatic heterocycles. The normalized spacial score (nSPS) is 23.6. The van der Waals surface area contributed by atoms with Crippen molar-refractivity contribution in [2.75, 3.05) is 44.2 Å². The highest BCUT2D eigenvalue weighted by Crippen LogP contribution is 2.42. The molecule has 3 fully saturated rings. The van der Waals surface area contributed by atoms with Crippen LogP contribution in [0.1, 0.15) is 26.2 Å². The number of fused-ring (bicyclic) bond motifs is 3. The number of ether oxygens (including phenoxy) is 1. The third-order valence-corrected chi connectivity index (χ3v) is 9.58. The van der Waals surface area contributed by atoms with Gasteiger partial charge in [0.15, 0.2) is 5.82 Å². The molecule has 0 bridgehead atoms. The predicted octanol–water partition coefficient (Wildman–Crippen LogP) is 5.61. The smallest absolute Gasteiger partial charge is 0.319 e. The lowest BCUT2D eigenvalue weighted by Crippen LogP contribution is -2.53. The lowest BCUT2D eigenvalue weighted by Gasteiger charge is -2.40. The predicted molar refractivity (Wildman–Crippen MR) is 166 cm³/mol. The molecular weight excluding hydrogens is 583 g/mol. The SMILES string of the molecule is C=CC(=O)N1CCN(c2nc(OC[C@@]34CCCN3C[C@H](F)C4)nc3c(F)c(-c4cc(O)cc5cccc(F)c45)ccc23)[C@H](C)C1. The highest BCUT2D eigenvalue weighted by atomic mass is 19.1. The molecule has 1 amide bonds. The molecule has 3 aliphatic rings. The summed E-state index contributed by atoms with van der Waals surface area (Å²) in [5, 5.41) is 11.5. The average molecular weight is 618 g/mol. The number of amides is 1. The van der Waals surface area contributed by atoms with Crippen LogP contribution in [0.25, 0.3) is 32.8 Å². The van der Waals surface area contributed by atoms with Crippen LogP contribution in [0.5, 0.6) is 11.8 Å². The highest BCUT2D eigenvalue weighted by molar-refractivity contribution is 6.01. The molecule has 0 aliphatic carbocycles. The van der Waals surface area contributed by atoms with E-state index in [1.54, 1.807) is 23.1 Å². The Balaban J connectivity index is 1.34. The van der Waals surface area contributed by atoms with E-state index in [-0.39, 0.29) is 52.3 Å². The zero-order chi connectivity index (χ0) is 31.5. The molecule has 1 N–H and O–H groups in total.